The Labute approximate surface area is 165 Å². The molecule has 29 heavy (non-hydrogen) atoms. The average Bonchev–Trinajstić information content (AvgIpc) is 3.19. The van der Waals surface area contributed by atoms with E-state index >= 15 is 0 Å². The molecular formula is C20H19F3N4O2. The number of para-hydroxylation sites is 1. The lowest BCUT2D eigenvalue weighted by Crippen LogP contribution is -2.25. The number of nitrogens with one attached hydrogen (secondary N) is 2. The maximum atomic E-state index is 12.5. The third-order valence-corrected chi connectivity index (χ3v) is 3.98. The molecule has 0 radical (unpaired) electrons. The minimum Gasteiger partial charge on any atom is -0.406 e. The molecule has 0 saturated heterocycles. The zero-order chi connectivity index (χ0) is 20.7. The molecule has 1 heterocycles. The number of aromatic nitrogens is 2. The molecule has 0 bridgehead atoms. The van der Waals surface area contributed by atoms with E-state index in [1.165, 1.54) is 24.3 Å². The number of alkyl halides is 3. The molecule has 0 aliphatic carbocycles. The summed E-state index contributed by atoms with van der Waals surface area (Å²) in [7, 11) is 0. The Morgan fingerprint density at radius 1 is 1.10 bits per heavy atom. The fraction of sp³-hybridized carbons (Fsp3) is 0.200. The quantitative estimate of drug-likeness (QED) is 0.548. The third-order valence-electron chi connectivity index (χ3n) is 3.98. The second-order valence-corrected chi connectivity index (χ2v) is 6.15. The van der Waals surface area contributed by atoms with Gasteiger partial charge < -0.3 is 19.9 Å². The minimum absolute atomic E-state index is 0.240. The van der Waals surface area contributed by atoms with Crippen LogP contribution in [0.4, 0.5) is 24.5 Å². The van der Waals surface area contributed by atoms with Crippen LogP contribution in [0.1, 0.15) is 16.8 Å². The first kappa shape index (κ1) is 20.2. The number of halogens is 3. The number of amides is 1. The summed E-state index contributed by atoms with van der Waals surface area (Å²) in [5.74, 6) is -0.553. The van der Waals surface area contributed by atoms with Gasteiger partial charge in [-0.05, 0) is 42.8 Å². The molecule has 0 unspecified atom stereocenters. The van der Waals surface area contributed by atoms with Crippen LogP contribution in [0.15, 0.2) is 67.3 Å². The van der Waals surface area contributed by atoms with Gasteiger partial charge in [0.2, 0.25) is 0 Å². The number of ether oxygens (including phenoxy) is 1. The molecule has 0 spiro atoms. The number of anilines is 2. The summed E-state index contributed by atoms with van der Waals surface area (Å²) in [5.41, 5.74) is 1.51. The molecule has 0 fully saturated rings. The van der Waals surface area contributed by atoms with Crippen LogP contribution in [0.2, 0.25) is 0 Å². The second-order valence-electron chi connectivity index (χ2n) is 6.15. The molecule has 0 atom stereocenters. The van der Waals surface area contributed by atoms with Crippen molar-refractivity contribution in [3.05, 3.63) is 72.8 Å². The summed E-state index contributed by atoms with van der Waals surface area (Å²) in [4.78, 5) is 16.5. The van der Waals surface area contributed by atoms with Crippen molar-refractivity contribution < 1.29 is 22.7 Å². The van der Waals surface area contributed by atoms with Crippen LogP contribution < -0.4 is 15.4 Å². The van der Waals surface area contributed by atoms with E-state index in [-0.39, 0.29) is 11.7 Å². The van der Waals surface area contributed by atoms with E-state index in [2.05, 4.69) is 20.4 Å². The molecule has 0 saturated carbocycles. The van der Waals surface area contributed by atoms with Gasteiger partial charge in [0.1, 0.15) is 5.75 Å². The Balaban J connectivity index is 1.58. The number of benzene rings is 2. The van der Waals surface area contributed by atoms with E-state index in [1.807, 2.05) is 10.8 Å². The van der Waals surface area contributed by atoms with Gasteiger partial charge in [-0.25, -0.2) is 4.98 Å². The smallest absolute Gasteiger partial charge is 0.406 e. The molecule has 9 heteroatoms. The lowest BCUT2D eigenvalue weighted by Gasteiger charge is -2.13. The molecule has 1 aromatic heterocycles. The summed E-state index contributed by atoms with van der Waals surface area (Å²) in [6, 6.07) is 12.2. The van der Waals surface area contributed by atoms with E-state index in [9.17, 15) is 18.0 Å². The summed E-state index contributed by atoms with van der Waals surface area (Å²) < 4.78 is 42.5. The lowest BCUT2D eigenvalue weighted by atomic mass is 10.1. The zero-order valence-corrected chi connectivity index (χ0v) is 15.3. The second kappa shape index (κ2) is 9.13. The number of aryl methyl sites for hydroxylation is 1. The highest BCUT2D eigenvalue weighted by atomic mass is 19.4. The first-order valence-corrected chi connectivity index (χ1v) is 8.86. The topological polar surface area (TPSA) is 68.2 Å². The van der Waals surface area contributed by atoms with Gasteiger partial charge in [0.05, 0.1) is 17.6 Å². The molecule has 3 aromatic rings. The van der Waals surface area contributed by atoms with Crippen LogP contribution in [0.5, 0.6) is 5.75 Å². The van der Waals surface area contributed by atoms with Crippen LogP contribution in [0, 0.1) is 0 Å². The number of carbonyl (C=O) groups is 1. The molecule has 6 nitrogen and oxygen atoms in total. The molecule has 0 aliphatic rings. The van der Waals surface area contributed by atoms with E-state index < -0.39 is 6.36 Å². The van der Waals surface area contributed by atoms with Gasteiger partial charge in [0.15, 0.2) is 0 Å². The highest BCUT2D eigenvalue weighted by Crippen LogP contribution is 2.26. The molecule has 3 rings (SSSR count). The SMILES string of the molecule is O=C(NCCCn1ccnc1)c1ccccc1Nc1ccc(OC(F)(F)F)cc1. The van der Waals surface area contributed by atoms with Crippen molar-refractivity contribution in [3.8, 4) is 5.75 Å². The largest absolute Gasteiger partial charge is 0.573 e. The summed E-state index contributed by atoms with van der Waals surface area (Å²) in [5, 5.41) is 5.91. The monoisotopic (exact) mass is 404 g/mol. The van der Waals surface area contributed by atoms with Crippen LogP contribution in [0.25, 0.3) is 0 Å². The van der Waals surface area contributed by atoms with Crippen LogP contribution in [0.3, 0.4) is 0 Å². The average molecular weight is 404 g/mol. The molecule has 2 aromatic carbocycles. The fourth-order valence-corrected chi connectivity index (χ4v) is 2.66. The molecule has 152 valence electrons. The number of hydrogen-bond acceptors (Lipinski definition) is 4. The molecule has 1 amide bonds. The van der Waals surface area contributed by atoms with Crippen LogP contribution in [-0.4, -0.2) is 28.4 Å². The number of rotatable bonds is 8. The molecular weight excluding hydrogens is 385 g/mol. The van der Waals surface area contributed by atoms with Crippen molar-refractivity contribution in [1.29, 1.82) is 0 Å². The Morgan fingerprint density at radius 3 is 2.55 bits per heavy atom. The maximum Gasteiger partial charge on any atom is 0.573 e. The Morgan fingerprint density at radius 2 is 1.86 bits per heavy atom. The van der Waals surface area contributed by atoms with Crippen LogP contribution in [-0.2, 0) is 6.54 Å². The van der Waals surface area contributed by atoms with Gasteiger partial charge in [-0.2, -0.15) is 0 Å². The Kier molecular flexibility index (Phi) is 6.38. The van der Waals surface area contributed by atoms with E-state index in [0.717, 1.165) is 13.0 Å². The highest BCUT2D eigenvalue weighted by Gasteiger charge is 2.30. The predicted octanol–water partition coefficient (Wildman–Crippen LogP) is 4.35. The summed E-state index contributed by atoms with van der Waals surface area (Å²) in [6.45, 7) is 1.24. The first-order valence-electron chi connectivity index (χ1n) is 8.86. The van der Waals surface area contributed by atoms with Crippen molar-refractivity contribution in [1.82, 2.24) is 14.9 Å². The van der Waals surface area contributed by atoms with Crippen molar-refractivity contribution in [2.24, 2.45) is 0 Å². The van der Waals surface area contributed by atoms with Gasteiger partial charge in [0.25, 0.3) is 5.91 Å². The fourth-order valence-electron chi connectivity index (χ4n) is 2.66. The maximum absolute atomic E-state index is 12.5. The minimum atomic E-state index is -4.74. The Bertz CT molecular complexity index is 926. The number of imidazole rings is 1. The molecule has 2 N–H and O–H groups in total. The van der Waals surface area contributed by atoms with Gasteiger partial charge in [-0.15, -0.1) is 13.2 Å². The first-order chi connectivity index (χ1) is 13.9. The number of nitrogens with zero attached hydrogens (tertiary/aromatic N) is 2. The summed E-state index contributed by atoms with van der Waals surface area (Å²) >= 11 is 0. The van der Waals surface area contributed by atoms with Gasteiger partial charge >= 0.3 is 6.36 Å². The van der Waals surface area contributed by atoms with E-state index in [0.29, 0.717) is 23.5 Å². The van der Waals surface area contributed by atoms with Crippen molar-refractivity contribution in [2.45, 2.75) is 19.3 Å². The Hall–Kier alpha value is -3.49. The van der Waals surface area contributed by atoms with Gasteiger partial charge in [0, 0.05) is 31.2 Å². The zero-order valence-electron chi connectivity index (χ0n) is 15.3. The third kappa shape index (κ3) is 6.27. The van der Waals surface area contributed by atoms with Crippen molar-refractivity contribution >= 4 is 17.3 Å². The van der Waals surface area contributed by atoms with Crippen LogP contribution >= 0.6 is 0 Å². The van der Waals surface area contributed by atoms with Gasteiger partial charge in [-0.1, -0.05) is 12.1 Å². The number of carbonyl (C=O) groups excluding carboxylic acids is 1. The van der Waals surface area contributed by atoms with Crippen molar-refractivity contribution in [3.63, 3.8) is 0 Å². The molecule has 0 aliphatic heterocycles. The highest BCUT2D eigenvalue weighted by molar-refractivity contribution is 6.00. The van der Waals surface area contributed by atoms with E-state index in [4.69, 9.17) is 0 Å². The number of hydrogen-bond donors (Lipinski definition) is 2. The summed E-state index contributed by atoms with van der Waals surface area (Å²) in [6.07, 6.45) is 1.27. The normalized spacial score (nSPS) is 11.1. The standard InChI is InChI=1S/C20H19F3N4O2/c21-20(22,23)29-16-8-6-15(7-9-16)26-18-5-2-1-4-17(18)19(28)25-10-3-12-27-13-11-24-14-27/h1-2,4-9,11,13-14,26H,3,10,12H2,(H,25,28). The lowest BCUT2D eigenvalue weighted by molar-refractivity contribution is -0.274. The predicted molar refractivity (Wildman–Crippen MR) is 102 cm³/mol. The van der Waals surface area contributed by atoms with E-state index in [1.54, 1.807) is 36.8 Å². The van der Waals surface area contributed by atoms with Gasteiger partial charge in [-0.3, -0.25) is 4.79 Å². The van der Waals surface area contributed by atoms with Crippen molar-refractivity contribution in [2.75, 3.05) is 11.9 Å².